The van der Waals surface area contributed by atoms with Gasteiger partial charge in [0.15, 0.2) is 0 Å². The molecule has 1 aliphatic heterocycles. The Morgan fingerprint density at radius 3 is 3.15 bits per heavy atom. The number of hydrogen-bond acceptors (Lipinski definition) is 4. The lowest BCUT2D eigenvalue weighted by atomic mass is 10.2. The quantitative estimate of drug-likeness (QED) is 0.834. The van der Waals surface area contributed by atoms with E-state index >= 15 is 0 Å². The maximum absolute atomic E-state index is 13.3. The van der Waals surface area contributed by atoms with Gasteiger partial charge < -0.3 is 19.5 Å². The van der Waals surface area contributed by atoms with E-state index in [0.29, 0.717) is 24.5 Å². The molecule has 1 aromatic rings. The van der Waals surface area contributed by atoms with Crippen molar-refractivity contribution in [2.45, 2.75) is 6.10 Å². The van der Waals surface area contributed by atoms with E-state index in [1.165, 1.54) is 12.1 Å². The van der Waals surface area contributed by atoms with Crippen LogP contribution in [0.2, 0.25) is 0 Å². The average Bonchev–Trinajstić information content (AvgIpc) is 2.44. The van der Waals surface area contributed by atoms with Crippen molar-refractivity contribution in [2.24, 2.45) is 0 Å². The fourth-order valence-electron chi connectivity index (χ4n) is 2.00. The molecular formula is C15H18FNO3. The van der Waals surface area contributed by atoms with Crippen LogP contribution in [0.15, 0.2) is 18.2 Å². The molecule has 2 rings (SSSR count). The van der Waals surface area contributed by atoms with Crippen molar-refractivity contribution >= 4 is 0 Å². The normalized spacial score (nSPS) is 19.2. The Morgan fingerprint density at radius 1 is 1.55 bits per heavy atom. The maximum atomic E-state index is 13.3. The molecule has 108 valence electrons. The maximum Gasteiger partial charge on any atom is 0.137 e. The number of rotatable bonds is 3. The highest BCUT2D eigenvalue weighted by Crippen LogP contribution is 2.20. The van der Waals surface area contributed by atoms with Crippen LogP contribution in [0, 0.1) is 17.7 Å². The van der Waals surface area contributed by atoms with Crippen LogP contribution >= 0.6 is 0 Å². The van der Waals surface area contributed by atoms with Crippen molar-refractivity contribution in [2.75, 3.05) is 40.0 Å². The van der Waals surface area contributed by atoms with E-state index in [1.54, 1.807) is 6.07 Å². The van der Waals surface area contributed by atoms with Gasteiger partial charge in [-0.15, -0.1) is 0 Å². The van der Waals surface area contributed by atoms with E-state index in [4.69, 9.17) is 14.6 Å². The largest absolute Gasteiger partial charge is 0.489 e. The number of ether oxygens (including phenoxy) is 2. The number of hydrogen-bond donors (Lipinski definition) is 1. The topological polar surface area (TPSA) is 41.9 Å². The van der Waals surface area contributed by atoms with E-state index in [-0.39, 0.29) is 18.5 Å². The van der Waals surface area contributed by atoms with Gasteiger partial charge in [-0.2, -0.15) is 0 Å². The number of nitrogens with zero attached hydrogens (tertiary/aromatic N) is 1. The second kappa shape index (κ2) is 7.25. The van der Waals surface area contributed by atoms with Crippen LogP contribution in [-0.4, -0.2) is 56.1 Å². The van der Waals surface area contributed by atoms with Crippen molar-refractivity contribution in [1.29, 1.82) is 0 Å². The average molecular weight is 279 g/mol. The second-order valence-electron chi connectivity index (χ2n) is 4.67. The van der Waals surface area contributed by atoms with Crippen LogP contribution < -0.4 is 4.74 Å². The van der Waals surface area contributed by atoms with Crippen LogP contribution in [-0.2, 0) is 4.74 Å². The molecule has 1 aliphatic rings. The van der Waals surface area contributed by atoms with Crippen LogP contribution in [0.5, 0.6) is 5.75 Å². The summed E-state index contributed by atoms with van der Waals surface area (Å²) in [5, 5.41) is 8.72. The fraction of sp³-hybridized carbons (Fsp3) is 0.467. The smallest absolute Gasteiger partial charge is 0.137 e. The lowest BCUT2D eigenvalue weighted by molar-refractivity contribution is -0.0404. The predicted molar refractivity (Wildman–Crippen MR) is 73.1 cm³/mol. The van der Waals surface area contributed by atoms with Gasteiger partial charge in [-0.05, 0) is 19.2 Å². The number of halogens is 1. The summed E-state index contributed by atoms with van der Waals surface area (Å²) >= 11 is 0. The Labute approximate surface area is 118 Å². The van der Waals surface area contributed by atoms with Crippen molar-refractivity contribution in [3.63, 3.8) is 0 Å². The van der Waals surface area contributed by atoms with Crippen LogP contribution in [0.25, 0.3) is 0 Å². The van der Waals surface area contributed by atoms with E-state index < -0.39 is 0 Å². The van der Waals surface area contributed by atoms with Gasteiger partial charge in [-0.1, -0.05) is 11.8 Å². The first-order valence-corrected chi connectivity index (χ1v) is 6.51. The molecule has 20 heavy (non-hydrogen) atoms. The van der Waals surface area contributed by atoms with E-state index in [0.717, 1.165) is 13.1 Å². The number of likely N-dealkylation sites (N-methyl/N-ethyl adjacent to an activating group) is 1. The standard InChI is InChI=1S/C15H18FNO3/c1-17-6-8-19-14(10-17)11-20-15-9-13(16)5-4-12(15)3-2-7-18/h4-5,9,14,18H,6-8,10-11H2,1H3. The minimum atomic E-state index is -0.378. The Bertz CT molecular complexity index is 510. The monoisotopic (exact) mass is 279 g/mol. The van der Waals surface area contributed by atoms with E-state index in [2.05, 4.69) is 16.7 Å². The Balaban J connectivity index is 2.02. The molecule has 5 heteroatoms. The number of aliphatic hydroxyl groups excluding tert-OH is 1. The highest BCUT2D eigenvalue weighted by atomic mass is 19.1. The molecule has 1 fully saturated rings. The molecule has 4 nitrogen and oxygen atoms in total. The first-order valence-electron chi connectivity index (χ1n) is 6.51. The molecule has 0 radical (unpaired) electrons. The summed E-state index contributed by atoms with van der Waals surface area (Å²) in [5.74, 6) is 5.28. The molecule has 1 aromatic carbocycles. The third kappa shape index (κ3) is 4.20. The van der Waals surface area contributed by atoms with Gasteiger partial charge in [-0.25, -0.2) is 4.39 Å². The molecule has 0 saturated carbocycles. The van der Waals surface area contributed by atoms with Crippen molar-refractivity contribution < 1.29 is 19.0 Å². The predicted octanol–water partition coefficient (Wildman–Crippen LogP) is 0.879. The van der Waals surface area contributed by atoms with Gasteiger partial charge in [0.25, 0.3) is 0 Å². The molecule has 1 atom stereocenters. The summed E-state index contributed by atoms with van der Waals surface area (Å²) < 4.78 is 24.5. The Morgan fingerprint density at radius 2 is 2.40 bits per heavy atom. The number of morpholine rings is 1. The highest BCUT2D eigenvalue weighted by molar-refractivity contribution is 5.46. The second-order valence-corrected chi connectivity index (χ2v) is 4.67. The highest BCUT2D eigenvalue weighted by Gasteiger charge is 2.18. The Hall–Kier alpha value is -1.61. The molecule has 1 unspecified atom stereocenters. The third-order valence-corrected chi connectivity index (χ3v) is 3.01. The molecule has 1 N–H and O–H groups in total. The van der Waals surface area contributed by atoms with E-state index in [9.17, 15) is 4.39 Å². The van der Waals surface area contributed by atoms with Crippen LogP contribution in [0.3, 0.4) is 0 Å². The van der Waals surface area contributed by atoms with Crippen LogP contribution in [0.1, 0.15) is 5.56 Å². The first kappa shape index (κ1) is 14.8. The molecule has 1 saturated heterocycles. The summed E-state index contributed by atoms with van der Waals surface area (Å²) in [6.45, 7) is 2.47. The lowest BCUT2D eigenvalue weighted by Gasteiger charge is -2.29. The van der Waals surface area contributed by atoms with E-state index in [1.807, 2.05) is 7.05 Å². The molecular weight excluding hydrogens is 261 g/mol. The zero-order valence-electron chi connectivity index (χ0n) is 11.4. The van der Waals surface area contributed by atoms with Gasteiger partial charge in [0.05, 0.1) is 12.2 Å². The van der Waals surface area contributed by atoms with Crippen molar-refractivity contribution in [3.05, 3.63) is 29.6 Å². The van der Waals surface area contributed by atoms with Crippen LogP contribution in [0.4, 0.5) is 4.39 Å². The van der Waals surface area contributed by atoms with Gasteiger partial charge in [-0.3, -0.25) is 0 Å². The molecule has 1 heterocycles. The summed E-state index contributed by atoms with van der Waals surface area (Å²) in [7, 11) is 2.02. The summed E-state index contributed by atoms with van der Waals surface area (Å²) in [6.07, 6.45) is -0.0318. The molecule has 0 amide bonds. The molecule has 0 bridgehead atoms. The minimum Gasteiger partial charge on any atom is -0.489 e. The Kier molecular flexibility index (Phi) is 5.36. The molecule has 0 aliphatic carbocycles. The summed E-state index contributed by atoms with van der Waals surface area (Å²) in [5.41, 5.74) is 0.560. The molecule has 0 spiro atoms. The minimum absolute atomic E-state index is 0.0318. The van der Waals surface area contributed by atoms with Crippen molar-refractivity contribution in [1.82, 2.24) is 4.90 Å². The lowest BCUT2D eigenvalue weighted by Crippen LogP contribution is -2.42. The summed E-state index contributed by atoms with van der Waals surface area (Å²) in [6, 6.07) is 4.16. The number of aliphatic hydroxyl groups is 1. The summed E-state index contributed by atoms with van der Waals surface area (Å²) in [4.78, 5) is 2.16. The molecule has 0 aromatic heterocycles. The van der Waals surface area contributed by atoms with Gasteiger partial charge in [0, 0.05) is 19.2 Å². The number of benzene rings is 1. The van der Waals surface area contributed by atoms with Gasteiger partial charge in [0.2, 0.25) is 0 Å². The SMILES string of the molecule is CN1CCOC(COc2cc(F)ccc2C#CCO)C1. The third-order valence-electron chi connectivity index (χ3n) is 3.01. The van der Waals surface area contributed by atoms with Gasteiger partial charge >= 0.3 is 0 Å². The van der Waals surface area contributed by atoms with Crippen molar-refractivity contribution in [3.8, 4) is 17.6 Å². The fourth-order valence-corrected chi connectivity index (χ4v) is 2.00. The zero-order chi connectivity index (χ0) is 14.4. The first-order chi connectivity index (χ1) is 9.69. The van der Waals surface area contributed by atoms with Gasteiger partial charge in [0.1, 0.15) is 30.9 Å². The zero-order valence-corrected chi connectivity index (χ0v) is 11.4.